The molecule has 0 atom stereocenters. The van der Waals surface area contributed by atoms with Crippen molar-refractivity contribution >= 4 is 17.3 Å². The number of hydrogen-bond acceptors (Lipinski definition) is 2. The highest BCUT2D eigenvalue weighted by Crippen LogP contribution is 2.16. The number of hydrogen-bond donors (Lipinski definition) is 1. The van der Waals surface area contributed by atoms with Gasteiger partial charge in [0.25, 0.3) is 0 Å². The van der Waals surface area contributed by atoms with E-state index < -0.39 is 0 Å². The highest BCUT2D eigenvalue weighted by atomic mass is 32.1. The molecule has 0 amide bonds. The lowest BCUT2D eigenvalue weighted by atomic mass is 10.1. The van der Waals surface area contributed by atoms with Crippen molar-refractivity contribution in [2.45, 2.75) is 39.3 Å². The van der Waals surface area contributed by atoms with E-state index >= 15 is 0 Å². The molecule has 0 radical (unpaired) electrons. The Bertz CT molecular complexity index is 216. The molecule has 0 spiro atoms. The number of ether oxygens (including phenoxy) is 1. The van der Waals surface area contributed by atoms with E-state index in [1.807, 2.05) is 0 Å². The maximum atomic E-state index is 5.62. The molecule has 3 nitrogen and oxygen atoms in total. The molecule has 14 heavy (non-hydrogen) atoms. The second kappa shape index (κ2) is 4.45. The molecule has 1 heterocycles. The summed E-state index contributed by atoms with van der Waals surface area (Å²) in [6.45, 7) is 10.9. The minimum Gasteiger partial charge on any atom is -0.372 e. The standard InChI is InChI=1S/C10H20N2OS/c1-8(2)11-9(14)12-5-6-13-10(3,4)7-12/h8H,5-7H2,1-4H3,(H,11,14). The van der Waals surface area contributed by atoms with Crippen LogP contribution in [-0.4, -0.2) is 41.4 Å². The summed E-state index contributed by atoms with van der Waals surface area (Å²) in [5.41, 5.74) is -0.0824. The van der Waals surface area contributed by atoms with Crippen molar-refractivity contribution in [1.29, 1.82) is 0 Å². The first-order valence-electron chi connectivity index (χ1n) is 5.10. The van der Waals surface area contributed by atoms with Crippen LogP contribution in [0.25, 0.3) is 0 Å². The molecule has 0 aliphatic carbocycles. The monoisotopic (exact) mass is 216 g/mol. The Morgan fingerprint density at radius 2 is 2.14 bits per heavy atom. The summed E-state index contributed by atoms with van der Waals surface area (Å²) in [6.07, 6.45) is 0. The minimum absolute atomic E-state index is 0.0824. The van der Waals surface area contributed by atoms with Crippen molar-refractivity contribution in [3.8, 4) is 0 Å². The van der Waals surface area contributed by atoms with E-state index in [1.54, 1.807) is 0 Å². The molecule has 1 fully saturated rings. The van der Waals surface area contributed by atoms with Crippen LogP contribution in [0.5, 0.6) is 0 Å². The molecule has 0 bridgehead atoms. The van der Waals surface area contributed by atoms with E-state index in [0.717, 1.165) is 24.8 Å². The normalized spacial score (nSPS) is 21.1. The summed E-state index contributed by atoms with van der Waals surface area (Å²) in [4.78, 5) is 2.18. The number of rotatable bonds is 1. The van der Waals surface area contributed by atoms with Gasteiger partial charge in [0.2, 0.25) is 0 Å². The van der Waals surface area contributed by atoms with Crippen LogP contribution in [0.1, 0.15) is 27.7 Å². The number of nitrogens with zero attached hydrogens (tertiary/aromatic N) is 1. The number of thiocarbonyl (C=S) groups is 1. The van der Waals surface area contributed by atoms with Crippen molar-refractivity contribution in [3.05, 3.63) is 0 Å². The summed E-state index contributed by atoms with van der Waals surface area (Å²) in [5, 5.41) is 4.10. The van der Waals surface area contributed by atoms with Gasteiger partial charge in [-0.25, -0.2) is 0 Å². The number of morpholine rings is 1. The van der Waals surface area contributed by atoms with E-state index in [-0.39, 0.29) is 5.60 Å². The zero-order valence-electron chi connectivity index (χ0n) is 9.46. The summed E-state index contributed by atoms with van der Waals surface area (Å²) in [7, 11) is 0. The average Bonchev–Trinajstić information content (AvgIpc) is 2.01. The summed E-state index contributed by atoms with van der Waals surface area (Å²) < 4.78 is 5.62. The third kappa shape index (κ3) is 3.42. The van der Waals surface area contributed by atoms with E-state index in [2.05, 4.69) is 37.9 Å². The second-order valence-electron chi connectivity index (χ2n) is 4.63. The fourth-order valence-electron chi connectivity index (χ4n) is 1.53. The van der Waals surface area contributed by atoms with Crippen LogP contribution in [0.2, 0.25) is 0 Å². The second-order valence-corrected chi connectivity index (χ2v) is 5.02. The van der Waals surface area contributed by atoms with Crippen molar-refractivity contribution in [3.63, 3.8) is 0 Å². The Hall–Kier alpha value is -0.350. The van der Waals surface area contributed by atoms with Crippen molar-refractivity contribution in [1.82, 2.24) is 10.2 Å². The van der Waals surface area contributed by atoms with Gasteiger partial charge in [-0.05, 0) is 39.9 Å². The predicted molar refractivity (Wildman–Crippen MR) is 62.5 cm³/mol. The molecule has 4 heteroatoms. The SMILES string of the molecule is CC(C)NC(=S)N1CCOC(C)(C)C1. The molecule has 1 saturated heterocycles. The number of nitrogens with one attached hydrogen (secondary N) is 1. The largest absolute Gasteiger partial charge is 0.372 e. The Kier molecular flexibility index (Phi) is 3.72. The van der Waals surface area contributed by atoms with Crippen molar-refractivity contribution < 1.29 is 4.74 Å². The van der Waals surface area contributed by atoms with Crippen LogP contribution in [0.15, 0.2) is 0 Å². The van der Waals surface area contributed by atoms with Gasteiger partial charge in [-0.3, -0.25) is 0 Å². The Labute approximate surface area is 91.8 Å². The molecule has 0 aromatic rings. The maximum Gasteiger partial charge on any atom is 0.169 e. The first-order chi connectivity index (χ1) is 6.41. The molecule has 82 valence electrons. The lowest BCUT2D eigenvalue weighted by Crippen LogP contribution is -2.54. The van der Waals surface area contributed by atoms with Crippen LogP contribution < -0.4 is 5.32 Å². The molecule has 0 aromatic heterocycles. The summed E-state index contributed by atoms with van der Waals surface area (Å²) in [6, 6.07) is 0.397. The molecule has 0 aromatic carbocycles. The van der Waals surface area contributed by atoms with Crippen LogP contribution in [0, 0.1) is 0 Å². The van der Waals surface area contributed by atoms with E-state index in [1.165, 1.54) is 0 Å². The fourth-order valence-corrected chi connectivity index (χ4v) is 1.92. The fraction of sp³-hybridized carbons (Fsp3) is 0.900. The van der Waals surface area contributed by atoms with Crippen LogP contribution in [0.4, 0.5) is 0 Å². The molecular formula is C10H20N2OS. The Balaban J connectivity index is 2.48. The van der Waals surface area contributed by atoms with Crippen LogP contribution in [-0.2, 0) is 4.74 Å². The molecule has 1 rings (SSSR count). The van der Waals surface area contributed by atoms with Crippen LogP contribution >= 0.6 is 12.2 Å². The van der Waals surface area contributed by atoms with Crippen molar-refractivity contribution in [2.75, 3.05) is 19.7 Å². The van der Waals surface area contributed by atoms with E-state index in [0.29, 0.717) is 6.04 Å². The van der Waals surface area contributed by atoms with E-state index in [4.69, 9.17) is 17.0 Å². The first-order valence-corrected chi connectivity index (χ1v) is 5.51. The molecule has 1 N–H and O–H groups in total. The van der Waals surface area contributed by atoms with Gasteiger partial charge in [-0.1, -0.05) is 0 Å². The minimum atomic E-state index is -0.0824. The quantitative estimate of drug-likeness (QED) is 0.669. The molecule has 1 aliphatic rings. The third-order valence-corrected chi connectivity index (χ3v) is 2.50. The van der Waals surface area contributed by atoms with Gasteiger partial charge in [0.1, 0.15) is 0 Å². The molecule has 1 aliphatic heterocycles. The maximum absolute atomic E-state index is 5.62. The zero-order chi connectivity index (χ0) is 10.8. The van der Waals surface area contributed by atoms with Gasteiger partial charge >= 0.3 is 0 Å². The third-order valence-electron chi connectivity index (χ3n) is 2.13. The van der Waals surface area contributed by atoms with Crippen LogP contribution in [0.3, 0.4) is 0 Å². The van der Waals surface area contributed by atoms with Gasteiger partial charge in [-0.15, -0.1) is 0 Å². The zero-order valence-corrected chi connectivity index (χ0v) is 10.3. The highest BCUT2D eigenvalue weighted by Gasteiger charge is 2.28. The van der Waals surface area contributed by atoms with E-state index in [9.17, 15) is 0 Å². The van der Waals surface area contributed by atoms with Gasteiger partial charge in [0.05, 0.1) is 12.2 Å². The predicted octanol–water partition coefficient (Wildman–Crippen LogP) is 1.38. The summed E-state index contributed by atoms with van der Waals surface area (Å²) >= 11 is 5.31. The van der Waals surface area contributed by atoms with Gasteiger partial charge in [0, 0.05) is 19.1 Å². The first kappa shape index (κ1) is 11.7. The topological polar surface area (TPSA) is 24.5 Å². The average molecular weight is 216 g/mol. The van der Waals surface area contributed by atoms with Gasteiger partial charge in [-0.2, -0.15) is 0 Å². The molecule has 0 unspecified atom stereocenters. The summed E-state index contributed by atoms with van der Waals surface area (Å²) in [5.74, 6) is 0. The lowest BCUT2D eigenvalue weighted by Gasteiger charge is -2.39. The Morgan fingerprint density at radius 1 is 1.50 bits per heavy atom. The lowest BCUT2D eigenvalue weighted by molar-refractivity contribution is -0.0679. The van der Waals surface area contributed by atoms with Gasteiger partial charge < -0.3 is 15.0 Å². The Morgan fingerprint density at radius 3 is 2.64 bits per heavy atom. The molecular weight excluding hydrogens is 196 g/mol. The molecule has 0 saturated carbocycles. The highest BCUT2D eigenvalue weighted by molar-refractivity contribution is 7.80. The van der Waals surface area contributed by atoms with Gasteiger partial charge in [0.15, 0.2) is 5.11 Å². The van der Waals surface area contributed by atoms with Crippen molar-refractivity contribution in [2.24, 2.45) is 0 Å². The smallest absolute Gasteiger partial charge is 0.169 e.